The number of ether oxygens (including phenoxy) is 3. The molecule has 0 saturated heterocycles. The van der Waals surface area contributed by atoms with E-state index in [0.717, 1.165) is 11.3 Å². The molecule has 0 spiro atoms. The van der Waals surface area contributed by atoms with Gasteiger partial charge in [-0.25, -0.2) is 0 Å². The number of nitrogens with one attached hydrogen (secondary N) is 1. The lowest BCUT2D eigenvalue weighted by Crippen LogP contribution is -2.35. The Hall–Kier alpha value is -3.85. The van der Waals surface area contributed by atoms with E-state index in [1.165, 1.54) is 23.9 Å². The first-order valence-corrected chi connectivity index (χ1v) is 10.9. The van der Waals surface area contributed by atoms with E-state index in [4.69, 9.17) is 19.6 Å². The Morgan fingerprint density at radius 3 is 2.73 bits per heavy atom. The van der Waals surface area contributed by atoms with Gasteiger partial charge < -0.3 is 14.2 Å². The van der Waals surface area contributed by atoms with Gasteiger partial charge in [-0.2, -0.15) is 15.1 Å². The number of rotatable bonds is 8. The maximum absolute atomic E-state index is 12.7. The summed E-state index contributed by atoms with van der Waals surface area (Å²) in [6, 6.07) is 12.9. The minimum atomic E-state index is -0.499. The van der Waals surface area contributed by atoms with Crippen molar-refractivity contribution in [2.45, 2.75) is 6.92 Å². The topological polar surface area (TPSA) is 96.6 Å². The van der Waals surface area contributed by atoms with E-state index < -0.39 is 5.91 Å². The first-order chi connectivity index (χ1) is 16.0. The van der Waals surface area contributed by atoms with Gasteiger partial charge in [-0.1, -0.05) is 36.9 Å². The quantitative estimate of drug-likeness (QED) is 0.465. The van der Waals surface area contributed by atoms with Crippen LogP contribution in [0.5, 0.6) is 17.2 Å². The monoisotopic (exact) mass is 462 g/mol. The third-order valence-corrected chi connectivity index (χ3v) is 5.68. The highest BCUT2D eigenvalue weighted by atomic mass is 32.2. The zero-order chi connectivity index (χ0) is 23.4. The molecule has 2 aliphatic heterocycles. The Kier molecular flexibility index (Phi) is 6.60. The van der Waals surface area contributed by atoms with Crippen LogP contribution in [-0.4, -0.2) is 47.3 Å². The number of thioether (sulfide) groups is 1. The van der Waals surface area contributed by atoms with Crippen LogP contribution in [0.15, 0.2) is 70.8 Å². The van der Waals surface area contributed by atoms with Gasteiger partial charge >= 0.3 is 0 Å². The van der Waals surface area contributed by atoms with Gasteiger partial charge in [0.2, 0.25) is 5.17 Å². The fourth-order valence-electron chi connectivity index (χ4n) is 3.16. The van der Waals surface area contributed by atoms with Crippen molar-refractivity contribution in [1.82, 2.24) is 5.01 Å². The van der Waals surface area contributed by atoms with Gasteiger partial charge in [0.15, 0.2) is 17.3 Å². The number of fused-ring (bicyclic) bond motifs is 1. The van der Waals surface area contributed by atoms with Crippen LogP contribution in [-0.2, 0) is 4.79 Å². The summed E-state index contributed by atoms with van der Waals surface area (Å²) in [6.45, 7) is 6.16. The molecular weight excluding hydrogens is 440 g/mol. The second kappa shape index (κ2) is 9.74. The number of aryl methyl sites for hydroxylation is 1. The highest BCUT2D eigenvalue weighted by Crippen LogP contribution is 2.32. The number of amides is 1. The molecule has 2 aromatic carbocycles. The minimum absolute atomic E-state index is 0.0469. The van der Waals surface area contributed by atoms with Gasteiger partial charge in [0, 0.05) is 0 Å². The number of benzene rings is 2. The number of nitrogens with zero attached hydrogens (tertiary/aromatic N) is 3. The van der Waals surface area contributed by atoms with Crippen molar-refractivity contribution >= 4 is 39.8 Å². The highest BCUT2D eigenvalue weighted by Gasteiger charge is 2.35. The average molecular weight is 463 g/mol. The summed E-state index contributed by atoms with van der Waals surface area (Å²) in [5.41, 5.74) is 1.81. The van der Waals surface area contributed by atoms with Crippen molar-refractivity contribution in [2.75, 3.05) is 20.3 Å². The number of carbonyl (C=O) groups is 1. The molecule has 0 aromatic heterocycles. The van der Waals surface area contributed by atoms with E-state index in [9.17, 15) is 4.79 Å². The lowest BCUT2D eigenvalue weighted by atomic mass is 10.1. The summed E-state index contributed by atoms with van der Waals surface area (Å²) in [7, 11) is 1.54. The van der Waals surface area contributed by atoms with Crippen LogP contribution in [0.2, 0.25) is 0 Å². The van der Waals surface area contributed by atoms with Crippen molar-refractivity contribution in [3.63, 3.8) is 0 Å². The lowest BCUT2D eigenvalue weighted by molar-refractivity contribution is -0.114. The molecule has 1 amide bonds. The first-order valence-electron chi connectivity index (χ1n) is 10.1. The molecule has 4 rings (SSSR count). The standard InChI is InChI=1S/C24H22N4O4S/c1-4-11-31-19-10-9-16(13-20(19)30-3)12-17-22(25)28-24(26-23(17)29)33-21(27-28)14-32-18-8-6-5-7-15(18)2/h4-10,12-13,25H,1,11,14H2,2-3H3/b17-12-,25-22?. The molecule has 0 saturated carbocycles. The molecule has 0 aliphatic carbocycles. The van der Waals surface area contributed by atoms with Gasteiger partial charge in [-0.15, -0.1) is 0 Å². The van der Waals surface area contributed by atoms with Gasteiger partial charge in [0.05, 0.1) is 12.7 Å². The summed E-state index contributed by atoms with van der Waals surface area (Å²) in [6.07, 6.45) is 3.23. The second-order valence-corrected chi connectivity index (χ2v) is 8.12. The van der Waals surface area contributed by atoms with Crippen LogP contribution in [0.4, 0.5) is 0 Å². The Labute approximate surface area is 195 Å². The van der Waals surface area contributed by atoms with Crippen molar-refractivity contribution in [1.29, 1.82) is 5.41 Å². The minimum Gasteiger partial charge on any atom is -0.493 e. The molecular formula is C24H22N4O4S. The summed E-state index contributed by atoms with van der Waals surface area (Å²) in [5, 5.41) is 15.3. The predicted molar refractivity (Wildman–Crippen MR) is 130 cm³/mol. The number of hydrazone groups is 1. The Balaban J connectivity index is 1.53. The largest absolute Gasteiger partial charge is 0.493 e. The van der Waals surface area contributed by atoms with Crippen molar-refractivity contribution in [3.05, 3.63) is 71.8 Å². The van der Waals surface area contributed by atoms with E-state index in [1.54, 1.807) is 30.4 Å². The molecule has 33 heavy (non-hydrogen) atoms. The first kappa shape index (κ1) is 22.3. The highest BCUT2D eigenvalue weighted by molar-refractivity contribution is 8.27. The summed E-state index contributed by atoms with van der Waals surface area (Å²) >= 11 is 1.22. The molecule has 168 valence electrons. The summed E-state index contributed by atoms with van der Waals surface area (Å²) in [4.78, 5) is 16.8. The molecule has 0 radical (unpaired) electrons. The number of carbonyl (C=O) groups excluding carboxylic acids is 1. The number of aliphatic imine (C=N–C) groups is 1. The number of hydrogen-bond donors (Lipinski definition) is 1. The van der Waals surface area contributed by atoms with Gasteiger partial charge in [0.25, 0.3) is 5.91 Å². The number of hydrogen-bond acceptors (Lipinski definition) is 7. The van der Waals surface area contributed by atoms with Crippen LogP contribution in [0.3, 0.4) is 0 Å². The maximum Gasteiger partial charge on any atom is 0.283 e. The van der Waals surface area contributed by atoms with Gasteiger partial charge in [-0.3, -0.25) is 10.2 Å². The number of amidine groups is 2. The van der Waals surface area contributed by atoms with Crippen LogP contribution >= 0.6 is 11.8 Å². The molecule has 1 N–H and O–H groups in total. The van der Waals surface area contributed by atoms with E-state index >= 15 is 0 Å². The number of methoxy groups -OCH3 is 1. The third kappa shape index (κ3) is 4.83. The van der Waals surface area contributed by atoms with Gasteiger partial charge in [0.1, 0.15) is 24.0 Å². The van der Waals surface area contributed by atoms with Crippen LogP contribution in [0, 0.1) is 12.3 Å². The van der Waals surface area contributed by atoms with Gasteiger partial charge in [-0.05, 0) is 54.1 Å². The van der Waals surface area contributed by atoms with E-state index in [0.29, 0.717) is 33.9 Å². The van der Waals surface area contributed by atoms with Crippen molar-refractivity contribution in [2.24, 2.45) is 10.1 Å². The SMILES string of the molecule is C=CCOc1ccc(/C=C2/C(=N)N3N=C(COc4ccccc4C)SC3=NC2=O)cc1OC. The van der Waals surface area contributed by atoms with E-state index in [2.05, 4.69) is 16.7 Å². The molecule has 2 aromatic rings. The van der Waals surface area contributed by atoms with Crippen molar-refractivity contribution < 1.29 is 19.0 Å². The lowest BCUT2D eigenvalue weighted by Gasteiger charge is -2.20. The normalized spacial score (nSPS) is 16.3. The third-order valence-electron chi connectivity index (χ3n) is 4.80. The molecule has 0 bridgehead atoms. The smallest absolute Gasteiger partial charge is 0.283 e. The number of para-hydroxylation sites is 1. The Bertz CT molecular complexity index is 1220. The molecule has 2 aliphatic rings. The molecule has 0 fully saturated rings. The Morgan fingerprint density at radius 2 is 1.97 bits per heavy atom. The fourth-order valence-corrected chi connectivity index (χ4v) is 3.95. The maximum atomic E-state index is 12.7. The summed E-state index contributed by atoms with van der Waals surface area (Å²) < 4.78 is 16.8. The van der Waals surface area contributed by atoms with Crippen LogP contribution in [0.1, 0.15) is 11.1 Å². The zero-order valence-corrected chi connectivity index (χ0v) is 19.0. The van der Waals surface area contributed by atoms with Crippen LogP contribution < -0.4 is 14.2 Å². The average Bonchev–Trinajstić information content (AvgIpc) is 3.23. The van der Waals surface area contributed by atoms with E-state index in [-0.39, 0.29) is 18.0 Å². The molecule has 2 heterocycles. The van der Waals surface area contributed by atoms with Crippen molar-refractivity contribution in [3.8, 4) is 17.2 Å². The second-order valence-electron chi connectivity index (χ2n) is 7.08. The van der Waals surface area contributed by atoms with Crippen LogP contribution in [0.25, 0.3) is 6.08 Å². The van der Waals surface area contributed by atoms with E-state index in [1.807, 2.05) is 31.2 Å². The predicted octanol–water partition coefficient (Wildman–Crippen LogP) is 4.27. The summed E-state index contributed by atoms with van der Waals surface area (Å²) in [5.74, 6) is 1.28. The molecule has 9 heteroatoms. The molecule has 0 atom stereocenters. The molecule has 0 unspecified atom stereocenters. The molecule has 8 nitrogen and oxygen atoms in total. The zero-order valence-electron chi connectivity index (χ0n) is 18.2. The fraction of sp³-hybridized carbons (Fsp3) is 0.167. The Morgan fingerprint density at radius 1 is 1.15 bits per heavy atom.